The summed E-state index contributed by atoms with van der Waals surface area (Å²) in [5.41, 5.74) is 1.04. The zero-order valence-electron chi connectivity index (χ0n) is 10.8. The summed E-state index contributed by atoms with van der Waals surface area (Å²) >= 11 is 12.1. The molecule has 0 amide bonds. The molecule has 0 aliphatic rings. The highest BCUT2D eigenvalue weighted by molar-refractivity contribution is 6.37. The third-order valence-electron chi connectivity index (χ3n) is 2.79. The Labute approximate surface area is 125 Å². The van der Waals surface area contributed by atoms with E-state index in [2.05, 4.69) is 4.98 Å². The average Bonchev–Trinajstić information content (AvgIpc) is 2.36. The van der Waals surface area contributed by atoms with Gasteiger partial charge in [-0.25, -0.2) is 0 Å². The van der Waals surface area contributed by atoms with Gasteiger partial charge in [-0.2, -0.15) is 5.26 Å². The highest BCUT2D eigenvalue weighted by Crippen LogP contribution is 2.39. The minimum Gasteiger partial charge on any atom is -0.496 e. The van der Waals surface area contributed by atoms with Crippen molar-refractivity contribution in [3.8, 4) is 22.9 Å². The van der Waals surface area contributed by atoms with Crippen molar-refractivity contribution in [2.24, 2.45) is 0 Å². The van der Waals surface area contributed by atoms with Crippen LogP contribution in [-0.2, 0) is 0 Å². The third-order valence-corrected chi connectivity index (χ3v) is 3.30. The molecule has 2 aromatic rings. The first kappa shape index (κ1) is 14.4. The molecule has 102 valence electrons. The number of hydrogen-bond acceptors (Lipinski definition) is 3. The summed E-state index contributed by atoms with van der Waals surface area (Å²) < 4.78 is 5.25. The Bertz CT molecular complexity index is 776. The summed E-state index contributed by atoms with van der Waals surface area (Å²) in [5.74, 6) is 0.406. The number of hydrogen-bond donors (Lipinski definition) is 1. The molecule has 4 nitrogen and oxygen atoms in total. The van der Waals surface area contributed by atoms with E-state index in [1.807, 2.05) is 6.07 Å². The van der Waals surface area contributed by atoms with Crippen molar-refractivity contribution in [1.29, 1.82) is 5.26 Å². The fourth-order valence-corrected chi connectivity index (χ4v) is 2.55. The zero-order chi connectivity index (χ0) is 14.9. The van der Waals surface area contributed by atoms with Crippen molar-refractivity contribution in [2.75, 3.05) is 7.11 Å². The van der Waals surface area contributed by atoms with E-state index in [9.17, 15) is 10.1 Å². The van der Waals surface area contributed by atoms with Gasteiger partial charge in [0.05, 0.1) is 12.1 Å². The average molecular weight is 309 g/mol. The van der Waals surface area contributed by atoms with Crippen LogP contribution in [0.5, 0.6) is 5.75 Å². The number of nitrogens with zero attached hydrogens (tertiary/aromatic N) is 1. The Morgan fingerprint density at radius 2 is 2.00 bits per heavy atom. The third kappa shape index (κ3) is 2.51. The largest absolute Gasteiger partial charge is 0.496 e. The molecular weight excluding hydrogens is 299 g/mol. The van der Waals surface area contributed by atoms with Crippen molar-refractivity contribution in [3.05, 3.63) is 49.9 Å². The van der Waals surface area contributed by atoms with E-state index in [0.29, 0.717) is 32.6 Å². The van der Waals surface area contributed by atoms with E-state index in [1.54, 1.807) is 25.1 Å². The Hall–Kier alpha value is -1.96. The molecule has 1 heterocycles. The number of aromatic amines is 1. The zero-order valence-corrected chi connectivity index (χ0v) is 12.3. The number of nitriles is 1. The second-order valence-electron chi connectivity index (χ2n) is 4.15. The standard InChI is InChI=1S/C14H10Cl2N2O2/c1-7-3-9(10(6-17)14(19)18-7)13-11(16)4-8(15)5-12(13)20-2/h3-5H,1-2H3,(H,18,19). The molecule has 1 aromatic heterocycles. The first-order valence-electron chi connectivity index (χ1n) is 5.65. The summed E-state index contributed by atoms with van der Waals surface area (Å²) in [6.45, 7) is 1.72. The lowest BCUT2D eigenvalue weighted by molar-refractivity contribution is 0.416. The smallest absolute Gasteiger partial charge is 0.266 e. The van der Waals surface area contributed by atoms with Crippen LogP contribution in [0.15, 0.2) is 23.0 Å². The number of halogens is 2. The minimum atomic E-state index is -0.462. The number of aryl methyl sites for hydroxylation is 1. The molecule has 0 fully saturated rings. The molecule has 0 aliphatic heterocycles. The van der Waals surface area contributed by atoms with E-state index in [1.165, 1.54) is 7.11 Å². The normalized spacial score (nSPS) is 10.2. The van der Waals surface area contributed by atoms with E-state index in [4.69, 9.17) is 27.9 Å². The van der Waals surface area contributed by atoms with Gasteiger partial charge in [-0.15, -0.1) is 0 Å². The summed E-state index contributed by atoms with van der Waals surface area (Å²) in [6.07, 6.45) is 0. The number of nitrogens with one attached hydrogen (secondary N) is 1. The number of rotatable bonds is 2. The SMILES string of the molecule is COc1cc(Cl)cc(Cl)c1-c1cc(C)[nH]c(=O)c1C#N. The number of methoxy groups -OCH3 is 1. The molecule has 0 radical (unpaired) electrons. The molecule has 1 aromatic carbocycles. The molecule has 0 saturated carbocycles. The Morgan fingerprint density at radius 1 is 1.30 bits per heavy atom. The van der Waals surface area contributed by atoms with Gasteiger partial charge in [0.2, 0.25) is 0 Å². The van der Waals surface area contributed by atoms with Gasteiger partial charge in [0.25, 0.3) is 5.56 Å². The maximum absolute atomic E-state index is 11.9. The van der Waals surface area contributed by atoms with E-state index in [0.717, 1.165) is 0 Å². The molecule has 1 N–H and O–H groups in total. The Balaban J connectivity index is 2.89. The van der Waals surface area contributed by atoms with E-state index in [-0.39, 0.29) is 5.56 Å². The molecule has 6 heteroatoms. The number of ether oxygens (including phenoxy) is 1. The second kappa shape index (κ2) is 5.58. The molecule has 0 bridgehead atoms. The van der Waals surface area contributed by atoms with Crippen LogP contribution in [0.4, 0.5) is 0 Å². The van der Waals surface area contributed by atoms with Crippen molar-refractivity contribution in [3.63, 3.8) is 0 Å². The van der Waals surface area contributed by atoms with Gasteiger partial charge in [0, 0.05) is 21.8 Å². The summed E-state index contributed by atoms with van der Waals surface area (Å²) in [6, 6.07) is 6.69. The van der Waals surface area contributed by atoms with Gasteiger partial charge in [0.15, 0.2) is 0 Å². The predicted octanol–water partition coefficient (Wildman–Crippen LogP) is 3.54. The highest BCUT2D eigenvalue weighted by atomic mass is 35.5. The van der Waals surface area contributed by atoms with Crippen LogP contribution in [0.2, 0.25) is 10.0 Å². The van der Waals surface area contributed by atoms with Crippen LogP contribution in [0.1, 0.15) is 11.3 Å². The monoisotopic (exact) mass is 308 g/mol. The first-order valence-corrected chi connectivity index (χ1v) is 6.41. The van der Waals surface area contributed by atoms with Crippen LogP contribution >= 0.6 is 23.2 Å². The van der Waals surface area contributed by atoms with Crippen molar-refractivity contribution < 1.29 is 4.74 Å². The van der Waals surface area contributed by atoms with Gasteiger partial charge in [-0.1, -0.05) is 23.2 Å². The quantitative estimate of drug-likeness (QED) is 0.922. The van der Waals surface area contributed by atoms with Crippen LogP contribution in [0.3, 0.4) is 0 Å². The lowest BCUT2D eigenvalue weighted by atomic mass is 10.00. The van der Waals surface area contributed by atoms with Gasteiger partial charge in [0.1, 0.15) is 17.4 Å². The highest BCUT2D eigenvalue weighted by Gasteiger charge is 2.18. The number of pyridine rings is 1. The molecule has 0 atom stereocenters. The summed E-state index contributed by atoms with van der Waals surface area (Å²) in [4.78, 5) is 14.4. The minimum absolute atomic E-state index is 0.0156. The maximum atomic E-state index is 11.9. The summed E-state index contributed by atoms with van der Waals surface area (Å²) in [7, 11) is 1.47. The molecule has 0 aliphatic carbocycles. The van der Waals surface area contributed by atoms with Crippen LogP contribution in [0.25, 0.3) is 11.1 Å². The second-order valence-corrected chi connectivity index (χ2v) is 4.99. The van der Waals surface area contributed by atoms with Gasteiger partial charge >= 0.3 is 0 Å². The molecule has 2 rings (SSSR count). The fourth-order valence-electron chi connectivity index (χ4n) is 1.97. The van der Waals surface area contributed by atoms with Crippen LogP contribution < -0.4 is 10.3 Å². The van der Waals surface area contributed by atoms with E-state index >= 15 is 0 Å². The lowest BCUT2D eigenvalue weighted by Gasteiger charge is -2.13. The first-order chi connectivity index (χ1) is 9.47. The molecular formula is C14H10Cl2N2O2. The van der Waals surface area contributed by atoms with Gasteiger partial charge in [-0.3, -0.25) is 4.79 Å². The number of H-pyrrole nitrogens is 1. The van der Waals surface area contributed by atoms with Crippen molar-refractivity contribution in [1.82, 2.24) is 4.98 Å². The van der Waals surface area contributed by atoms with Gasteiger partial charge < -0.3 is 9.72 Å². The number of benzene rings is 1. The van der Waals surface area contributed by atoms with Gasteiger partial charge in [-0.05, 0) is 25.1 Å². The van der Waals surface area contributed by atoms with Crippen molar-refractivity contribution in [2.45, 2.75) is 6.92 Å². The Kier molecular flexibility index (Phi) is 4.03. The van der Waals surface area contributed by atoms with Crippen molar-refractivity contribution >= 4 is 23.2 Å². The topological polar surface area (TPSA) is 65.9 Å². The van der Waals surface area contributed by atoms with E-state index < -0.39 is 5.56 Å². The predicted molar refractivity (Wildman–Crippen MR) is 78.5 cm³/mol. The maximum Gasteiger partial charge on any atom is 0.266 e. The molecule has 0 saturated heterocycles. The Morgan fingerprint density at radius 3 is 2.60 bits per heavy atom. The lowest BCUT2D eigenvalue weighted by Crippen LogP contribution is -2.13. The number of aromatic nitrogens is 1. The molecule has 0 spiro atoms. The van der Waals surface area contributed by atoms with Crippen LogP contribution in [0, 0.1) is 18.3 Å². The fraction of sp³-hybridized carbons (Fsp3) is 0.143. The molecule has 20 heavy (non-hydrogen) atoms. The summed E-state index contributed by atoms with van der Waals surface area (Å²) in [5, 5.41) is 9.91. The molecule has 0 unspecified atom stereocenters. The van der Waals surface area contributed by atoms with Crippen LogP contribution in [-0.4, -0.2) is 12.1 Å².